The molecule has 8 heteroatoms. The van der Waals surface area contributed by atoms with Gasteiger partial charge in [0.15, 0.2) is 0 Å². The van der Waals surface area contributed by atoms with Crippen LogP contribution in [0.5, 0.6) is 5.75 Å². The van der Waals surface area contributed by atoms with Crippen molar-refractivity contribution in [3.05, 3.63) is 76.0 Å². The van der Waals surface area contributed by atoms with Gasteiger partial charge in [0.25, 0.3) is 0 Å². The van der Waals surface area contributed by atoms with Crippen LogP contribution in [0, 0.1) is 13.8 Å². The molecule has 37 heavy (non-hydrogen) atoms. The Morgan fingerprint density at radius 2 is 1.76 bits per heavy atom. The third kappa shape index (κ3) is 5.76. The van der Waals surface area contributed by atoms with E-state index in [1.54, 1.807) is 7.11 Å². The number of aliphatic hydroxyl groups is 1. The van der Waals surface area contributed by atoms with Crippen molar-refractivity contribution in [2.45, 2.75) is 46.1 Å². The number of methoxy groups -OCH3 is 1. The molecule has 3 heterocycles. The van der Waals surface area contributed by atoms with Gasteiger partial charge in [-0.3, -0.25) is 0 Å². The van der Waals surface area contributed by atoms with Gasteiger partial charge in [-0.1, -0.05) is 18.2 Å². The summed E-state index contributed by atoms with van der Waals surface area (Å²) in [5.41, 5.74) is 6.80. The van der Waals surface area contributed by atoms with Gasteiger partial charge < -0.3 is 24.5 Å². The lowest BCUT2D eigenvalue weighted by atomic mass is 10.0. The van der Waals surface area contributed by atoms with Gasteiger partial charge in [0.2, 0.25) is 5.95 Å². The molecule has 0 spiro atoms. The number of nitrogens with zero attached hydrogens (tertiary/aromatic N) is 4. The number of fused-ring (bicyclic) bond motifs is 1. The zero-order chi connectivity index (χ0) is 25.8. The molecule has 194 valence electrons. The van der Waals surface area contributed by atoms with Gasteiger partial charge in [0, 0.05) is 48.1 Å². The zero-order valence-electron chi connectivity index (χ0n) is 21.9. The molecule has 0 unspecified atom stereocenters. The van der Waals surface area contributed by atoms with Gasteiger partial charge in [-0.25, -0.2) is 4.98 Å². The average molecular weight is 502 g/mol. The predicted octanol–water partition coefficient (Wildman–Crippen LogP) is 4.07. The number of ether oxygens (including phenoxy) is 2. The Kier molecular flexibility index (Phi) is 7.67. The number of hydrogen-bond donors (Lipinski definition) is 2. The van der Waals surface area contributed by atoms with E-state index < -0.39 is 0 Å². The fourth-order valence-electron chi connectivity index (χ4n) is 4.88. The topological polar surface area (TPSA) is 96.4 Å². The molecule has 1 aliphatic heterocycles. The summed E-state index contributed by atoms with van der Waals surface area (Å²) in [6, 6.07) is 12.5. The van der Waals surface area contributed by atoms with Gasteiger partial charge in [-0.05, 0) is 61.6 Å². The second-order valence-corrected chi connectivity index (χ2v) is 9.66. The van der Waals surface area contributed by atoms with Gasteiger partial charge >= 0.3 is 0 Å². The summed E-state index contributed by atoms with van der Waals surface area (Å²) in [7, 11) is 1.63. The highest BCUT2D eigenvalue weighted by Gasteiger charge is 2.17. The molecular formula is C29H35N5O3. The van der Waals surface area contributed by atoms with E-state index in [2.05, 4.69) is 41.9 Å². The number of hydrogen-bond acceptors (Lipinski definition) is 7. The summed E-state index contributed by atoms with van der Waals surface area (Å²) < 4.78 is 11.0. The number of aromatic amines is 1. The molecule has 8 nitrogen and oxygen atoms in total. The maximum absolute atomic E-state index is 9.48. The van der Waals surface area contributed by atoms with Crippen molar-refractivity contribution in [3.8, 4) is 5.75 Å². The maximum Gasteiger partial charge on any atom is 0.229 e. The van der Waals surface area contributed by atoms with Crippen LogP contribution >= 0.6 is 0 Å². The Hall–Kier alpha value is -3.49. The van der Waals surface area contributed by atoms with Crippen LogP contribution in [0.15, 0.2) is 36.4 Å². The first-order valence-electron chi connectivity index (χ1n) is 12.9. The van der Waals surface area contributed by atoms with E-state index in [-0.39, 0.29) is 6.61 Å². The summed E-state index contributed by atoms with van der Waals surface area (Å²) in [5, 5.41) is 10.7. The zero-order valence-corrected chi connectivity index (χ0v) is 21.9. The van der Waals surface area contributed by atoms with Crippen LogP contribution in [0.1, 0.15) is 46.0 Å². The SMILES string of the molecule is COc1cc(CCCc2nc(Cc3ccc4[nH]c(C)c(C)c4c3)nc(N3CCOCC3)n2)ccc1CO. The number of aliphatic hydroxyl groups excluding tert-OH is 1. The minimum absolute atomic E-state index is 0.0302. The van der Waals surface area contributed by atoms with Crippen LogP contribution in [0.4, 0.5) is 5.95 Å². The van der Waals surface area contributed by atoms with E-state index in [4.69, 9.17) is 24.4 Å². The lowest BCUT2D eigenvalue weighted by Gasteiger charge is -2.27. The Balaban J connectivity index is 1.36. The van der Waals surface area contributed by atoms with E-state index in [1.165, 1.54) is 27.8 Å². The molecule has 1 fully saturated rings. The number of rotatable bonds is 9. The number of benzene rings is 2. The summed E-state index contributed by atoms with van der Waals surface area (Å²) >= 11 is 0. The van der Waals surface area contributed by atoms with Crippen LogP contribution < -0.4 is 9.64 Å². The minimum atomic E-state index is -0.0302. The van der Waals surface area contributed by atoms with Crippen molar-refractivity contribution < 1.29 is 14.6 Å². The van der Waals surface area contributed by atoms with Crippen molar-refractivity contribution in [1.29, 1.82) is 0 Å². The quantitative estimate of drug-likeness (QED) is 0.357. The molecule has 0 aliphatic carbocycles. The average Bonchev–Trinajstić information content (AvgIpc) is 3.21. The molecule has 0 saturated carbocycles. The molecule has 2 aromatic heterocycles. The molecule has 0 radical (unpaired) electrons. The molecule has 0 atom stereocenters. The normalized spacial score (nSPS) is 13.9. The third-order valence-corrected chi connectivity index (χ3v) is 7.13. The van der Waals surface area contributed by atoms with Gasteiger partial charge in [-0.2, -0.15) is 9.97 Å². The summed E-state index contributed by atoms with van der Waals surface area (Å²) in [5.74, 6) is 3.08. The molecule has 4 aromatic rings. The highest BCUT2D eigenvalue weighted by Crippen LogP contribution is 2.24. The fraction of sp³-hybridized carbons (Fsp3) is 0.414. The lowest BCUT2D eigenvalue weighted by Crippen LogP contribution is -2.37. The molecule has 2 N–H and O–H groups in total. The van der Waals surface area contributed by atoms with Crippen LogP contribution in [-0.4, -0.2) is 58.5 Å². The van der Waals surface area contributed by atoms with Crippen molar-refractivity contribution in [3.63, 3.8) is 0 Å². The highest BCUT2D eigenvalue weighted by molar-refractivity contribution is 5.85. The standard InChI is InChI=1S/C29H35N5O3/c1-19-20(2)30-25-10-8-22(15-24(19)25)17-28-31-27(32-29(33-28)34-11-13-37-14-12-34)6-4-5-21-7-9-23(18-35)26(16-21)36-3/h7-10,15-16,30,35H,4-6,11-14,17-18H2,1-3H3. The summed E-state index contributed by atoms with van der Waals surface area (Å²) in [6.07, 6.45) is 3.19. The number of aromatic nitrogens is 4. The van der Waals surface area contributed by atoms with Crippen molar-refractivity contribution in [1.82, 2.24) is 19.9 Å². The number of anilines is 1. The van der Waals surface area contributed by atoms with E-state index >= 15 is 0 Å². The molecule has 1 aliphatic rings. The van der Waals surface area contributed by atoms with Crippen LogP contribution in [-0.2, 0) is 30.6 Å². The molecule has 0 bridgehead atoms. The molecule has 5 rings (SSSR count). The van der Waals surface area contributed by atoms with Crippen molar-refractivity contribution in [2.75, 3.05) is 38.3 Å². The smallest absolute Gasteiger partial charge is 0.229 e. The fourth-order valence-corrected chi connectivity index (χ4v) is 4.88. The number of morpholine rings is 1. The number of H-pyrrole nitrogens is 1. The van der Waals surface area contributed by atoms with E-state index in [1.807, 2.05) is 18.2 Å². The number of aryl methyl sites for hydroxylation is 4. The minimum Gasteiger partial charge on any atom is -0.496 e. The van der Waals surface area contributed by atoms with Crippen LogP contribution in [0.2, 0.25) is 0 Å². The maximum atomic E-state index is 9.48. The molecule has 2 aromatic carbocycles. The summed E-state index contributed by atoms with van der Waals surface area (Å²) in [4.78, 5) is 20.2. The first-order chi connectivity index (χ1) is 18.0. The second kappa shape index (κ2) is 11.3. The van der Waals surface area contributed by atoms with Crippen molar-refractivity contribution >= 4 is 16.9 Å². The van der Waals surface area contributed by atoms with Gasteiger partial charge in [-0.15, -0.1) is 0 Å². The first-order valence-corrected chi connectivity index (χ1v) is 12.9. The Morgan fingerprint density at radius 1 is 0.973 bits per heavy atom. The Bertz CT molecular complexity index is 1380. The third-order valence-electron chi connectivity index (χ3n) is 7.13. The van der Waals surface area contributed by atoms with Gasteiger partial charge in [0.1, 0.15) is 17.4 Å². The van der Waals surface area contributed by atoms with Crippen molar-refractivity contribution in [2.24, 2.45) is 0 Å². The molecular weight excluding hydrogens is 466 g/mol. The van der Waals surface area contributed by atoms with E-state index in [0.29, 0.717) is 19.6 Å². The lowest BCUT2D eigenvalue weighted by molar-refractivity contribution is 0.122. The van der Waals surface area contributed by atoms with Crippen LogP contribution in [0.25, 0.3) is 10.9 Å². The molecule has 0 amide bonds. The summed E-state index contributed by atoms with van der Waals surface area (Å²) in [6.45, 7) is 7.18. The largest absolute Gasteiger partial charge is 0.496 e. The second-order valence-electron chi connectivity index (χ2n) is 9.66. The van der Waals surface area contributed by atoms with E-state index in [0.717, 1.165) is 66.8 Å². The van der Waals surface area contributed by atoms with Crippen LogP contribution in [0.3, 0.4) is 0 Å². The van der Waals surface area contributed by atoms with E-state index in [9.17, 15) is 5.11 Å². The van der Waals surface area contributed by atoms with Gasteiger partial charge in [0.05, 0.1) is 26.9 Å². The predicted molar refractivity (Wildman–Crippen MR) is 144 cm³/mol. The molecule has 1 saturated heterocycles. The Labute approximate surface area is 217 Å². The Morgan fingerprint density at radius 3 is 2.54 bits per heavy atom. The number of nitrogens with one attached hydrogen (secondary N) is 1. The first kappa shape index (κ1) is 25.2. The monoisotopic (exact) mass is 501 g/mol. The highest BCUT2D eigenvalue weighted by atomic mass is 16.5.